The van der Waals surface area contributed by atoms with Crippen LogP contribution in [0.1, 0.15) is 40.3 Å². The van der Waals surface area contributed by atoms with E-state index in [2.05, 4.69) is 21.0 Å². The van der Waals surface area contributed by atoms with E-state index >= 15 is 0 Å². The Hall–Kier alpha value is -3.88. The van der Waals surface area contributed by atoms with E-state index in [0.717, 1.165) is 4.90 Å². The molecule has 2 aromatic heterocycles. The summed E-state index contributed by atoms with van der Waals surface area (Å²) in [6, 6.07) is 4.62. The summed E-state index contributed by atoms with van der Waals surface area (Å²) < 4.78 is 80.6. The van der Waals surface area contributed by atoms with Gasteiger partial charge in [-0.05, 0) is 37.3 Å². The van der Waals surface area contributed by atoms with E-state index in [4.69, 9.17) is 6.42 Å². The zero-order valence-electron chi connectivity index (χ0n) is 16.9. The molecule has 12 heteroatoms. The molecular weight excluding hydrogens is 452 g/mol. The van der Waals surface area contributed by atoms with Gasteiger partial charge in [-0.2, -0.15) is 36.1 Å². The number of pyridine rings is 1. The number of hydrogen-bond acceptors (Lipinski definition) is 4. The van der Waals surface area contributed by atoms with Crippen molar-refractivity contribution in [3.63, 3.8) is 0 Å². The first kappa shape index (κ1) is 23.8. The minimum atomic E-state index is -5.10. The summed E-state index contributed by atoms with van der Waals surface area (Å²) in [7, 11) is 0. The number of halogens is 6. The van der Waals surface area contributed by atoms with Gasteiger partial charge in [0.25, 0.3) is 5.91 Å². The highest BCUT2D eigenvalue weighted by Gasteiger charge is 2.38. The number of carbonyl (C=O) groups excluding carboxylic acids is 1. The quantitative estimate of drug-likeness (QED) is 0.409. The van der Waals surface area contributed by atoms with Gasteiger partial charge in [-0.15, -0.1) is 6.42 Å². The van der Waals surface area contributed by atoms with Crippen LogP contribution in [0.15, 0.2) is 48.9 Å². The molecule has 0 N–H and O–H groups in total. The molecule has 2 heterocycles. The van der Waals surface area contributed by atoms with Gasteiger partial charge in [0.15, 0.2) is 11.6 Å². The van der Waals surface area contributed by atoms with Crippen LogP contribution in [0.2, 0.25) is 0 Å². The predicted molar refractivity (Wildman–Crippen MR) is 104 cm³/mol. The highest BCUT2D eigenvalue weighted by Crippen LogP contribution is 2.37. The van der Waals surface area contributed by atoms with Gasteiger partial charge in [0.2, 0.25) is 0 Å². The van der Waals surface area contributed by atoms with Crippen LogP contribution < -0.4 is 0 Å². The van der Waals surface area contributed by atoms with Crippen molar-refractivity contribution in [1.82, 2.24) is 24.6 Å². The standard InChI is InChI=1S/C21H15F6N5O/c1-3-8-31(13(2)18-29-12-30-32(18)17-6-4-5-7-28-17)19(33)14-9-15(20(22,23)24)11-16(10-14)21(25,26)27/h1,4-7,9-13H,8H2,2H3. The molecule has 0 spiro atoms. The van der Waals surface area contributed by atoms with Crippen molar-refractivity contribution in [3.05, 3.63) is 71.4 Å². The van der Waals surface area contributed by atoms with E-state index in [1.807, 2.05) is 0 Å². The topological polar surface area (TPSA) is 63.9 Å². The van der Waals surface area contributed by atoms with E-state index < -0.39 is 47.5 Å². The molecular formula is C21H15F6N5O. The summed E-state index contributed by atoms with van der Waals surface area (Å²) >= 11 is 0. The van der Waals surface area contributed by atoms with E-state index in [-0.39, 0.29) is 11.9 Å². The first-order valence-corrected chi connectivity index (χ1v) is 9.28. The minimum Gasteiger partial charge on any atom is -0.318 e. The molecule has 172 valence electrons. The molecule has 0 radical (unpaired) electrons. The number of nitrogens with zero attached hydrogens (tertiary/aromatic N) is 5. The van der Waals surface area contributed by atoms with Crippen LogP contribution in [0.5, 0.6) is 0 Å². The van der Waals surface area contributed by atoms with Gasteiger partial charge in [-0.1, -0.05) is 12.0 Å². The highest BCUT2D eigenvalue weighted by molar-refractivity contribution is 5.95. The van der Waals surface area contributed by atoms with Crippen molar-refractivity contribution in [2.24, 2.45) is 0 Å². The maximum absolute atomic E-state index is 13.2. The second-order valence-electron chi connectivity index (χ2n) is 6.83. The average molecular weight is 467 g/mol. The number of amides is 1. The third kappa shape index (κ3) is 5.14. The molecule has 3 rings (SSSR count). The predicted octanol–water partition coefficient (Wildman–Crippen LogP) is 4.54. The zero-order valence-corrected chi connectivity index (χ0v) is 16.9. The van der Waals surface area contributed by atoms with E-state index in [9.17, 15) is 31.1 Å². The van der Waals surface area contributed by atoms with Gasteiger partial charge >= 0.3 is 12.4 Å². The average Bonchev–Trinajstić information content (AvgIpc) is 3.25. The number of aromatic nitrogens is 4. The largest absolute Gasteiger partial charge is 0.416 e. The fourth-order valence-electron chi connectivity index (χ4n) is 3.06. The molecule has 1 amide bonds. The number of alkyl halides is 6. The van der Waals surface area contributed by atoms with E-state index in [1.165, 1.54) is 24.1 Å². The lowest BCUT2D eigenvalue weighted by Gasteiger charge is -2.27. The van der Waals surface area contributed by atoms with Crippen LogP contribution in [0.4, 0.5) is 26.3 Å². The van der Waals surface area contributed by atoms with Crippen molar-refractivity contribution in [2.75, 3.05) is 6.54 Å². The monoisotopic (exact) mass is 467 g/mol. The SMILES string of the molecule is C#CCN(C(=O)c1cc(C(F)(F)F)cc(C(F)(F)F)c1)C(C)c1ncnn1-c1ccccn1. The number of carbonyl (C=O) groups is 1. The molecule has 0 bridgehead atoms. The lowest BCUT2D eigenvalue weighted by molar-refractivity contribution is -0.143. The van der Waals surface area contributed by atoms with Crippen molar-refractivity contribution < 1.29 is 31.1 Å². The van der Waals surface area contributed by atoms with Crippen molar-refractivity contribution in [1.29, 1.82) is 0 Å². The molecule has 0 aliphatic rings. The molecule has 0 aliphatic carbocycles. The third-order valence-electron chi connectivity index (χ3n) is 4.64. The number of rotatable bonds is 5. The maximum Gasteiger partial charge on any atom is 0.416 e. The van der Waals surface area contributed by atoms with Crippen molar-refractivity contribution in [2.45, 2.75) is 25.3 Å². The molecule has 6 nitrogen and oxygen atoms in total. The van der Waals surface area contributed by atoms with Gasteiger partial charge in [-0.25, -0.2) is 9.97 Å². The van der Waals surface area contributed by atoms with Crippen LogP contribution in [0.3, 0.4) is 0 Å². The number of hydrogen-bond donors (Lipinski definition) is 0. The second-order valence-corrected chi connectivity index (χ2v) is 6.83. The van der Waals surface area contributed by atoms with Crippen LogP contribution in [0.25, 0.3) is 5.82 Å². The zero-order chi connectivity index (χ0) is 24.4. The number of terminal acetylenes is 1. The molecule has 1 aromatic carbocycles. The first-order valence-electron chi connectivity index (χ1n) is 9.28. The Morgan fingerprint density at radius 2 is 1.73 bits per heavy atom. The summed E-state index contributed by atoms with van der Waals surface area (Å²) in [4.78, 5) is 22.2. The lowest BCUT2D eigenvalue weighted by Crippen LogP contribution is -2.35. The van der Waals surface area contributed by atoms with Gasteiger partial charge in [0, 0.05) is 11.8 Å². The molecule has 1 atom stereocenters. The van der Waals surface area contributed by atoms with E-state index in [0.29, 0.717) is 18.0 Å². The molecule has 0 saturated heterocycles. The van der Waals surface area contributed by atoms with E-state index in [1.54, 1.807) is 18.2 Å². The van der Waals surface area contributed by atoms with Crippen LogP contribution in [-0.2, 0) is 12.4 Å². The van der Waals surface area contributed by atoms with Crippen LogP contribution in [-0.4, -0.2) is 37.1 Å². The Balaban J connectivity index is 2.06. The third-order valence-corrected chi connectivity index (χ3v) is 4.64. The molecule has 33 heavy (non-hydrogen) atoms. The summed E-state index contributed by atoms with van der Waals surface area (Å²) in [6.45, 7) is 1.06. The minimum absolute atomic E-state index is 0.0522. The Morgan fingerprint density at radius 3 is 2.24 bits per heavy atom. The Kier molecular flexibility index (Phi) is 6.44. The first-order chi connectivity index (χ1) is 15.4. The smallest absolute Gasteiger partial charge is 0.318 e. The van der Waals surface area contributed by atoms with Gasteiger partial charge in [-0.3, -0.25) is 4.79 Å². The normalized spacial score (nSPS) is 12.8. The molecule has 3 aromatic rings. The lowest BCUT2D eigenvalue weighted by atomic mass is 10.0. The summed E-state index contributed by atoms with van der Waals surface area (Å²) in [6.07, 6.45) is -2.22. The summed E-state index contributed by atoms with van der Waals surface area (Å²) in [5.41, 5.74) is -4.03. The Morgan fingerprint density at radius 1 is 1.09 bits per heavy atom. The van der Waals surface area contributed by atoms with Gasteiger partial charge in [0.1, 0.15) is 6.33 Å². The van der Waals surface area contributed by atoms with Crippen LogP contribution in [0, 0.1) is 12.3 Å². The molecule has 1 unspecified atom stereocenters. The van der Waals surface area contributed by atoms with Gasteiger partial charge < -0.3 is 4.90 Å². The molecule has 0 saturated carbocycles. The van der Waals surface area contributed by atoms with Crippen molar-refractivity contribution >= 4 is 5.91 Å². The second kappa shape index (κ2) is 8.93. The maximum atomic E-state index is 13.2. The summed E-state index contributed by atoms with van der Waals surface area (Å²) in [5.74, 6) is 1.56. The summed E-state index contributed by atoms with van der Waals surface area (Å²) in [5, 5.41) is 4.03. The van der Waals surface area contributed by atoms with Gasteiger partial charge in [0.05, 0.1) is 23.7 Å². The van der Waals surface area contributed by atoms with Crippen molar-refractivity contribution in [3.8, 4) is 18.2 Å². The molecule has 0 fully saturated rings. The highest BCUT2D eigenvalue weighted by atomic mass is 19.4. The fraction of sp³-hybridized carbons (Fsp3) is 0.238. The molecule has 0 aliphatic heterocycles. The fourth-order valence-corrected chi connectivity index (χ4v) is 3.06. The number of benzene rings is 1. The van der Waals surface area contributed by atoms with Crippen LogP contribution >= 0.6 is 0 Å². The Bertz CT molecular complexity index is 1150. The Labute approximate surface area is 183 Å².